The minimum atomic E-state index is -2.18. The highest BCUT2D eigenvalue weighted by Crippen LogP contribution is 2.44. The number of hydrogen-bond acceptors (Lipinski definition) is 6. The second kappa shape index (κ2) is 10.4. The number of nitrogens with two attached hydrogens (primary N) is 2. The summed E-state index contributed by atoms with van der Waals surface area (Å²) in [5, 5.41) is 0.0176. The average Bonchev–Trinajstić information content (AvgIpc) is 3.16. The van der Waals surface area contributed by atoms with Crippen molar-refractivity contribution in [2.24, 2.45) is 0 Å². The van der Waals surface area contributed by atoms with Gasteiger partial charge in [-0.25, -0.2) is 4.79 Å². The Morgan fingerprint density at radius 3 is 2.36 bits per heavy atom. The maximum Gasteiger partial charge on any atom is 0.410 e. The molecule has 3 rings (SSSR count). The van der Waals surface area contributed by atoms with E-state index in [1.165, 1.54) is 0 Å². The van der Waals surface area contributed by atoms with Crippen molar-refractivity contribution < 1.29 is 14.0 Å². The Morgan fingerprint density at radius 1 is 1.11 bits per heavy atom. The molecule has 0 bridgehead atoms. The van der Waals surface area contributed by atoms with Gasteiger partial charge in [-0.3, -0.25) is 9.88 Å². The van der Waals surface area contributed by atoms with Crippen molar-refractivity contribution in [2.45, 2.75) is 103 Å². The summed E-state index contributed by atoms with van der Waals surface area (Å²) < 4.78 is 13.0. The molecule has 1 fully saturated rings. The van der Waals surface area contributed by atoms with Crippen molar-refractivity contribution in [1.29, 1.82) is 0 Å². The maximum atomic E-state index is 13.7. The van der Waals surface area contributed by atoms with E-state index in [0.29, 0.717) is 17.8 Å². The van der Waals surface area contributed by atoms with E-state index in [9.17, 15) is 4.79 Å². The van der Waals surface area contributed by atoms with Crippen molar-refractivity contribution in [2.75, 3.05) is 11.5 Å². The first kappa shape index (κ1) is 28.0. The zero-order valence-electron chi connectivity index (χ0n) is 23.2. The number of nitrogens with zero attached hydrogens (tertiary/aromatic N) is 2. The third-order valence-electron chi connectivity index (χ3n) is 7.36. The van der Waals surface area contributed by atoms with Gasteiger partial charge in [-0.05, 0) is 87.5 Å². The number of anilines is 2. The van der Waals surface area contributed by atoms with Gasteiger partial charge >= 0.3 is 6.09 Å². The Kier molecular flexibility index (Phi) is 8.10. The summed E-state index contributed by atoms with van der Waals surface area (Å²) in [7, 11) is -2.18. The highest BCUT2D eigenvalue weighted by Gasteiger charge is 2.47. The monoisotopic (exact) mass is 512 g/mol. The maximum absolute atomic E-state index is 13.7. The SMILES string of the molecule is CC(C)(C)OC(=O)N1[C@H](Cc2ccc(N)c(N)c2)CC[C@@H]1[C@H](O[Si](C)(C)C(C)(C)C)c1cccnc1. The Bertz CT molecular complexity index is 1050. The van der Waals surface area contributed by atoms with Crippen LogP contribution in [0, 0.1) is 0 Å². The molecule has 198 valence electrons. The zero-order chi connectivity index (χ0) is 26.9. The Balaban J connectivity index is 2.01. The Labute approximate surface area is 217 Å². The summed E-state index contributed by atoms with van der Waals surface area (Å²) in [6, 6.07) is 9.47. The van der Waals surface area contributed by atoms with Crippen LogP contribution in [-0.4, -0.2) is 42.0 Å². The van der Waals surface area contributed by atoms with Gasteiger partial charge in [0.25, 0.3) is 0 Å². The van der Waals surface area contributed by atoms with Crippen LogP contribution in [0.3, 0.4) is 0 Å². The molecular formula is C28H44N4O3Si. The lowest BCUT2D eigenvalue weighted by atomic mass is 10.0. The smallest absolute Gasteiger partial charge is 0.410 e. The van der Waals surface area contributed by atoms with E-state index in [-0.39, 0.29) is 29.3 Å². The van der Waals surface area contributed by atoms with Gasteiger partial charge in [-0.2, -0.15) is 0 Å². The van der Waals surface area contributed by atoms with Crippen LogP contribution >= 0.6 is 0 Å². The molecule has 0 radical (unpaired) electrons. The van der Waals surface area contributed by atoms with Crippen LogP contribution in [0.4, 0.5) is 16.2 Å². The largest absolute Gasteiger partial charge is 0.444 e. The van der Waals surface area contributed by atoms with Crippen molar-refractivity contribution in [1.82, 2.24) is 9.88 Å². The number of rotatable bonds is 6. The van der Waals surface area contributed by atoms with E-state index < -0.39 is 13.9 Å². The Hall–Kier alpha value is -2.58. The van der Waals surface area contributed by atoms with E-state index in [4.69, 9.17) is 20.6 Å². The van der Waals surface area contributed by atoms with Crippen molar-refractivity contribution in [3.63, 3.8) is 0 Å². The van der Waals surface area contributed by atoms with Crippen LogP contribution in [-0.2, 0) is 15.6 Å². The number of nitrogen functional groups attached to an aromatic ring is 2. The van der Waals surface area contributed by atoms with Crippen LogP contribution in [0.15, 0.2) is 42.7 Å². The molecule has 1 aromatic heterocycles. The average molecular weight is 513 g/mol. The number of ether oxygens (including phenoxy) is 1. The summed E-state index contributed by atoms with van der Waals surface area (Å²) in [6.07, 6.45) is 5.33. The highest BCUT2D eigenvalue weighted by atomic mass is 28.4. The van der Waals surface area contributed by atoms with Gasteiger partial charge in [0.15, 0.2) is 8.32 Å². The summed E-state index contributed by atoms with van der Waals surface area (Å²) in [4.78, 5) is 20.0. The first-order chi connectivity index (χ1) is 16.6. The second-order valence-electron chi connectivity index (χ2n) is 12.4. The lowest BCUT2D eigenvalue weighted by Gasteiger charge is -2.43. The molecule has 2 aromatic rings. The second-order valence-corrected chi connectivity index (χ2v) is 17.2. The number of amides is 1. The molecule has 2 heterocycles. The number of benzene rings is 1. The van der Waals surface area contributed by atoms with Crippen LogP contribution < -0.4 is 11.5 Å². The van der Waals surface area contributed by atoms with Crippen molar-refractivity contribution >= 4 is 25.8 Å². The fourth-order valence-corrected chi connectivity index (χ4v) is 5.72. The zero-order valence-corrected chi connectivity index (χ0v) is 24.2. The molecule has 36 heavy (non-hydrogen) atoms. The van der Waals surface area contributed by atoms with E-state index in [1.807, 2.05) is 62.2 Å². The molecule has 0 unspecified atom stereocenters. The van der Waals surface area contributed by atoms with Gasteiger partial charge in [0.1, 0.15) is 5.60 Å². The molecule has 0 spiro atoms. The molecule has 8 heteroatoms. The van der Waals surface area contributed by atoms with Crippen molar-refractivity contribution in [3.05, 3.63) is 53.9 Å². The summed E-state index contributed by atoms with van der Waals surface area (Å²) >= 11 is 0. The normalized spacial score (nSPS) is 19.8. The predicted molar refractivity (Wildman–Crippen MR) is 149 cm³/mol. The molecule has 7 nitrogen and oxygen atoms in total. The highest BCUT2D eigenvalue weighted by molar-refractivity contribution is 6.74. The van der Waals surface area contributed by atoms with Gasteiger partial charge in [0.05, 0.1) is 23.5 Å². The molecular weight excluding hydrogens is 468 g/mol. The van der Waals surface area contributed by atoms with E-state index in [0.717, 1.165) is 24.0 Å². The molecule has 1 amide bonds. The molecule has 1 aromatic carbocycles. The van der Waals surface area contributed by atoms with Crippen LogP contribution in [0.1, 0.15) is 71.6 Å². The van der Waals surface area contributed by atoms with Gasteiger partial charge in [0, 0.05) is 18.4 Å². The van der Waals surface area contributed by atoms with E-state index in [2.05, 4.69) is 38.8 Å². The lowest BCUT2D eigenvalue weighted by molar-refractivity contribution is -0.00243. The number of hydrogen-bond donors (Lipinski definition) is 2. The first-order valence-corrected chi connectivity index (χ1v) is 15.7. The molecule has 0 saturated carbocycles. The van der Waals surface area contributed by atoms with Crippen molar-refractivity contribution in [3.8, 4) is 0 Å². The minimum absolute atomic E-state index is 0.0176. The predicted octanol–water partition coefficient (Wildman–Crippen LogP) is 6.32. The van der Waals surface area contributed by atoms with Gasteiger partial charge < -0.3 is 20.6 Å². The van der Waals surface area contributed by atoms with Gasteiger partial charge in [0.2, 0.25) is 0 Å². The summed E-state index contributed by atoms with van der Waals surface area (Å²) in [5.41, 5.74) is 14.6. The van der Waals surface area contributed by atoms with Crippen LogP contribution in [0.25, 0.3) is 0 Å². The van der Waals surface area contributed by atoms with E-state index >= 15 is 0 Å². The fourth-order valence-electron chi connectivity index (χ4n) is 4.44. The molecule has 3 atom stereocenters. The molecule has 1 aliphatic rings. The quantitative estimate of drug-likeness (QED) is 0.347. The molecule has 1 aliphatic heterocycles. The molecule has 1 saturated heterocycles. The molecule has 0 aliphatic carbocycles. The van der Waals surface area contributed by atoms with Crippen LogP contribution in [0.5, 0.6) is 0 Å². The topological polar surface area (TPSA) is 104 Å². The van der Waals surface area contributed by atoms with Crippen LogP contribution in [0.2, 0.25) is 18.1 Å². The summed E-state index contributed by atoms with van der Waals surface area (Å²) in [5.74, 6) is 0. The number of likely N-dealkylation sites (tertiary alicyclic amines) is 1. The molecule has 4 N–H and O–H groups in total. The number of carbonyl (C=O) groups is 1. The summed E-state index contributed by atoms with van der Waals surface area (Å²) in [6.45, 7) is 16.9. The lowest BCUT2D eigenvalue weighted by Crippen LogP contribution is -2.50. The fraction of sp³-hybridized carbons (Fsp3) is 0.571. The van der Waals surface area contributed by atoms with Gasteiger partial charge in [-0.1, -0.05) is 32.9 Å². The van der Waals surface area contributed by atoms with Gasteiger partial charge in [-0.15, -0.1) is 0 Å². The first-order valence-electron chi connectivity index (χ1n) is 12.8. The third kappa shape index (κ3) is 6.59. The number of pyridine rings is 1. The minimum Gasteiger partial charge on any atom is -0.444 e. The Morgan fingerprint density at radius 2 is 1.81 bits per heavy atom. The van der Waals surface area contributed by atoms with E-state index in [1.54, 1.807) is 6.20 Å². The third-order valence-corrected chi connectivity index (χ3v) is 11.8. The number of carbonyl (C=O) groups excluding carboxylic acids is 1. The number of aromatic nitrogens is 1. The standard InChI is InChI=1S/C28H44N4O3Si/c1-27(2,3)34-26(33)32-21(16-19-11-13-22(29)23(30)17-19)12-14-24(32)25(20-10-9-15-31-18-20)35-36(7,8)28(4,5)6/h9-11,13,15,17-18,21,24-25H,12,14,16,29-30H2,1-8H3/t21-,24+,25+/m0/s1.